The van der Waals surface area contributed by atoms with Crippen molar-refractivity contribution in [2.45, 2.75) is 73.0 Å². The molecule has 1 saturated heterocycles. The third-order valence-corrected chi connectivity index (χ3v) is 12.8. The lowest BCUT2D eigenvalue weighted by atomic mass is 10.1. The Morgan fingerprint density at radius 1 is 0.797 bits per heavy atom. The standard InChI is InChI=1S/C47H60N14O7S/c1-7-32-41(69-29(4)51-32)45(66)55-47-52-33-24-30(42(48)63)26-36(67-6)39(33)59(47)16-9-10-17-60-40-34(53-46(60)54-44(65)35-23-28(3)56-61(35)8-2)25-31(43(49)64)27-37(40)68-22-12-15-57-18-20-58(21-19-57)38(62)13-11-14-50-5/h9-10,23-27,50H,7-8,11-22H2,1-6H3,(H2,48,63)(H2,49,64)(H,52,55,66)(H,53,54,65)/b10-9+. The number of amides is 5. The number of methoxy groups -OCH3 is 1. The van der Waals surface area contributed by atoms with Crippen LogP contribution in [0.2, 0.25) is 0 Å². The second kappa shape index (κ2) is 22.3. The van der Waals surface area contributed by atoms with Crippen molar-refractivity contribution in [3.63, 3.8) is 0 Å². The number of carbonyl (C=O) groups excluding carboxylic acids is 5. The van der Waals surface area contributed by atoms with Gasteiger partial charge in [0.15, 0.2) is 0 Å². The minimum absolute atomic E-state index is 0.152. The maximum absolute atomic E-state index is 13.9. The summed E-state index contributed by atoms with van der Waals surface area (Å²) in [5.74, 6) is -0.948. The van der Waals surface area contributed by atoms with Gasteiger partial charge in [0, 0.05) is 69.9 Å². The summed E-state index contributed by atoms with van der Waals surface area (Å²) in [6.45, 7) is 12.9. The van der Waals surface area contributed by atoms with Crippen LogP contribution in [0.4, 0.5) is 11.9 Å². The highest BCUT2D eigenvalue weighted by Crippen LogP contribution is 2.33. The van der Waals surface area contributed by atoms with E-state index in [1.807, 2.05) is 51.8 Å². The molecule has 2 aromatic carbocycles. The molecule has 0 unspecified atom stereocenters. The van der Waals surface area contributed by atoms with E-state index in [9.17, 15) is 24.0 Å². The first kappa shape index (κ1) is 49.7. The second-order valence-electron chi connectivity index (χ2n) is 16.6. The molecule has 0 bridgehead atoms. The molecule has 0 radical (unpaired) electrons. The monoisotopic (exact) mass is 964 g/mol. The number of nitrogens with one attached hydrogen (secondary N) is 3. The molecule has 366 valence electrons. The van der Waals surface area contributed by atoms with Gasteiger partial charge in [0.1, 0.15) is 33.1 Å². The molecule has 22 heteroatoms. The molecule has 7 rings (SSSR count). The minimum Gasteiger partial charge on any atom is -0.494 e. The minimum atomic E-state index is -0.673. The summed E-state index contributed by atoms with van der Waals surface area (Å²) in [5.41, 5.74) is 15.3. The Labute approximate surface area is 403 Å². The Balaban J connectivity index is 1.18. The maximum Gasteiger partial charge on any atom is 0.276 e. The highest BCUT2D eigenvalue weighted by molar-refractivity contribution is 7.13. The van der Waals surface area contributed by atoms with Crippen LogP contribution in [0, 0.1) is 13.8 Å². The predicted octanol–water partition coefficient (Wildman–Crippen LogP) is 4.12. The van der Waals surface area contributed by atoms with Crippen LogP contribution in [0.3, 0.4) is 0 Å². The lowest BCUT2D eigenvalue weighted by molar-refractivity contribution is -0.133. The largest absolute Gasteiger partial charge is 0.494 e. The molecular formula is C47H60N14O7S. The molecule has 0 saturated carbocycles. The van der Waals surface area contributed by atoms with Gasteiger partial charge in [0.2, 0.25) is 29.6 Å². The summed E-state index contributed by atoms with van der Waals surface area (Å²) in [7, 11) is 3.35. The number of nitrogens with two attached hydrogens (primary N) is 2. The summed E-state index contributed by atoms with van der Waals surface area (Å²) < 4.78 is 17.3. The number of hydrogen-bond donors (Lipinski definition) is 5. The molecule has 6 aromatic rings. The van der Waals surface area contributed by atoms with Gasteiger partial charge in [0.25, 0.3) is 11.8 Å². The zero-order valence-corrected chi connectivity index (χ0v) is 40.7. The molecule has 5 heterocycles. The fourth-order valence-corrected chi connectivity index (χ4v) is 9.27. The number of thiazole rings is 1. The molecule has 7 N–H and O–H groups in total. The molecular weight excluding hydrogens is 905 g/mol. The molecule has 1 fully saturated rings. The Hall–Kier alpha value is -7.17. The number of rotatable bonds is 22. The van der Waals surface area contributed by atoms with Crippen LogP contribution in [0.5, 0.6) is 11.5 Å². The SMILES string of the molecule is CCc1nc(C)sc1C(=O)Nc1nc2cc(C(N)=O)cc(OC)c2n1C/C=C/Cn1c(NC(=O)c2cc(C)nn2CC)nc2cc(C(N)=O)cc(OCCCN3CCN(C(=O)CCCNC)CC3)c21. The number of primary amides is 2. The van der Waals surface area contributed by atoms with Crippen molar-refractivity contribution in [2.24, 2.45) is 11.5 Å². The number of allylic oxidation sites excluding steroid dienone is 2. The summed E-state index contributed by atoms with van der Waals surface area (Å²) in [6, 6.07) is 7.91. The molecule has 1 aliphatic rings. The number of aryl methyl sites for hydroxylation is 4. The van der Waals surface area contributed by atoms with Crippen molar-refractivity contribution in [2.75, 3.05) is 70.7 Å². The highest BCUT2D eigenvalue weighted by Gasteiger charge is 2.25. The fraction of sp³-hybridized carbons (Fsp3) is 0.426. The number of carbonyl (C=O) groups is 5. The third-order valence-electron chi connectivity index (χ3n) is 11.8. The molecule has 4 aromatic heterocycles. The zero-order chi connectivity index (χ0) is 49.4. The van der Waals surface area contributed by atoms with Crippen molar-refractivity contribution in [1.82, 2.24) is 49.0 Å². The fourth-order valence-electron chi connectivity index (χ4n) is 8.36. The van der Waals surface area contributed by atoms with E-state index >= 15 is 0 Å². The third kappa shape index (κ3) is 11.4. The van der Waals surface area contributed by atoms with E-state index in [2.05, 4.69) is 30.9 Å². The zero-order valence-electron chi connectivity index (χ0n) is 39.9. The van der Waals surface area contributed by atoms with Crippen LogP contribution >= 0.6 is 11.3 Å². The number of ether oxygens (including phenoxy) is 2. The predicted molar refractivity (Wildman–Crippen MR) is 263 cm³/mol. The van der Waals surface area contributed by atoms with E-state index in [0.717, 1.165) is 37.6 Å². The second-order valence-corrected chi connectivity index (χ2v) is 17.8. The summed E-state index contributed by atoms with van der Waals surface area (Å²) >= 11 is 1.29. The van der Waals surface area contributed by atoms with E-state index in [1.54, 1.807) is 38.1 Å². The molecule has 69 heavy (non-hydrogen) atoms. The van der Waals surface area contributed by atoms with E-state index in [1.165, 1.54) is 24.5 Å². The van der Waals surface area contributed by atoms with E-state index in [0.29, 0.717) is 101 Å². The van der Waals surface area contributed by atoms with Crippen LogP contribution in [0.25, 0.3) is 22.1 Å². The number of benzene rings is 2. The van der Waals surface area contributed by atoms with Crippen LogP contribution in [0.15, 0.2) is 42.5 Å². The van der Waals surface area contributed by atoms with Gasteiger partial charge in [-0.1, -0.05) is 19.1 Å². The number of nitrogens with zero attached hydrogens (tertiary/aromatic N) is 9. The summed E-state index contributed by atoms with van der Waals surface area (Å²) in [6.07, 6.45) is 6.26. The maximum atomic E-state index is 13.9. The molecule has 0 atom stereocenters. The molecule has 0 aliphatic carbocycles. The van der Waals surface area contributed by atoms with Crippen LogP contribution in [-0.2, 0) is 30.8 Å². The first-order valence-electron chi connectivity index (χ1n) is 23.0. The van der Waals surface area contributed by atoms with Gasteiger partial charge >= 0.3 is 0 Å². The highest BCUT2D eigenvalue weighted by atomic mass is 32.1. The number of imidazole rings is 2. The Morgan fingerprint density at radius 3 is 1.99 bits per heavy atom. The Bertz CT molecular complexity index is 2910. The quantitative estimate of drug-likeness (QED) is 0.0474. The lowest BCUT2D eigenvalue weighted by Crippen LogP contribution is -2.49. The Kier molecular flexibility index (Phi) is 16.1. The van der Waals surface area contributed by atoms with Crippen LogP contribution < -0.4 is 36.9 Å². The normalized spacial score (nSPS) is 13.2. The van der Waals surface area contributed by atoms with Gasteiger partial charge in [-0.15, -0.1) is 11.3 Å². The van der Waals surface area contributed by atoms with Gasteiger partial charge in [-0.05, 0) is 84.0 Å². The molecule has 5 amide bonds. The number of hydrogen-bond acceptors (Lipinski definition) is 14. The molecule has 1 aliphatic heterocycles. The average molecular weight is 965 g/mol. The topological polar surface area (TPSA) is 265 Å². The smallest absolute Gasteiger partial charge is 0.276 e. The van der Waals surface area contributed by atoms with Gasteiger partial charge in [0.05, 0.1) is 41.1 Å². The number of aromatic nitrogens is 7. The average Bonchev–Trinajstić information content (AvgIpc) is 4.10. The van der Waals surface area contributed by atoms with Crippen LogP contribution in [-0.4, -0.2) is 133 Å². The van der Waals surface area contributed by atoms with Crippen LogP contribution in [0.1, 0.15) is 90.4 Å². The van der Waals surface area contributed by atoms with Crippen molar-refractivity contribution in [1.29, 1.82) is 0 Å². The van der Waals surface area contributed by atoms with Gasteiger partial charge in [-0.3, -0.25) is 44.2 Å². The van der Waals surface area contributed by atoms with Gasteiger partial charge < -0.3 is 40.3 Å². The number of anilines is 2. The number of fused-ring (bicyclic) bond motifs is 2. The summed E-state index contributed by atoms with van der Waals surface area (Å²) in [5, 5.41) is 14.2. The van der Waals surface area contributed by atoms with Crippen molar-refractivity contribution < 1.29 is 33.4 Å². The molecule has 21 nitrogen and oxygen atoms in total. The van der Waals surface area contributed by atoms with E-state index in [-0.39, 0.29) is 47.9 Å². The van der Waals surface area contributed by atoms with Crippen molar-refractivity contribution >= 4 is 74.8 Å². The summed E-state index contributed by atoms with van der Waals surface area (Å²) in [4.78, 5) is 84.1. The first-order valence-corrected chi connectivity index (χ1v) is 23.8. The lowest BCUT2D eigenvalue weighted by Gasteiger charge is -2.34. The van der Waals surface area contributed by atoms with Gasteiger partial charge in [-0.2, -0.15) is 5.10 Å². The first-order chi connectivity index (χ1) is 33.2. The van der Waals surface area contributed by atoms with Gasteiger partial charge in [-0.25, -0.2) is 15.0 Å². The van der Waals surface area contributed by atoms with E-state index in [4.69, 9.17) is 30.9 Å². The molecule has 0 spiro atoms. The van der Waals surface area contributed by atoms with Crippen molar-refractivity contribution in [3.05, 3.63) is 80.6 Å². The van der Waals surface area contributed by atoms with Crippen molar-refractivity contribution in [3.8, 4) is 11.5 Å². The number of piperazine rings is 1. The Morgan fingerprint density at radius 2 is 1.41 bits per heavy atom. The van der Waals surface area contributed by atoms with E-state index < -0.39 is 17.7 Å².